The Bertz CT molecular complexity index is 7090. The quantitative estimate of drug-likeness (QED) is 0.0163. The number of nitrogens with zero attached hydrogens (tertiary/aromatic N) is 23. The van der Waals surface area contributed by atoms with Gasteiger partial charge in [-0.3, -0.25) is 48.4 Å². The standard InChI is InChI=1S/C29H35N7O3.C29H36N6O2.C27H32N6O4.C25H28N6O3/c1-34-18-21(16-32-34)28-17-31-26-8-7-22(14-27(26)33-28)36(23-12-24(38-2)15-25(13-23)39-3)11-5-10-35-9-4-6-20(19-35)29(30)37;1-19(2)32-21-6-8-22(9-7-21)35(24-12-25(36-4)15-26(13-24)37-5)23-10-11-27-28(14-23)33-29(17-30-27)20-16-31-34(3)18-20;1-31-16-19(14-29-31)27-15-28-25-5-4-20(12-26(25)30-27)33(18-22(34)17-32-6-8-37-9-7-32)21-10-23(35-2)13-24(11-21)36-3;1-16(2)25(29-32)15-31(19-8-20(33-4)11-21(9-19)34-5)18-6-7-22-23(10-18)28-24(13-26-22)17-12-27-30(3)14-17/h7-8,12-18,20H,4-6,9-11,19H2,1-3H3,(H2,30,37);10-19,21-22,32H,6-9H2,1-5H3;4-5,10-16,22,34H,6-9,17-18H2,1-3H3;6-14,16,32H,15H2,1-5H3/b;;;29-25+. The van der Waals surface area contributed by atoms with Gasteiger partial charge in [0, 0.05) is 244 Å². The molecular formula is C110H131N25O12. The SMILES string of the molecule is COc1cc(OC)cc(N(C/C(=N\O)C(C)C)c2ccc3ncc(-c4cnn(C)c4)nc3c2)c1.COc1cc(OC)cc(N(CC(O)CN2CCOCC2)c2ccc3ncc(-c4cnn(C)c4)nc3c2)c1.COc1cc(OC)cc(N(CCCN2CCCC(C(N)=O)C2)c2ccc3ncc(-c4cnn(C)c4)nc3c2)c1.COc1cc(OC)cc(N(c2ccc3ncc(-c4cnn(C)c4)nc3c2)C2CCC(NC(C)C)CC2)c1. The van der Waals surface area contributed by atoms with Gasteiger partial charge in [-0.25, -0.2) is 19.9 Å². The highest BCUT2D eigenvalue weighted by Gasteiger charge is 2.32. The lowest BCUT2D eigenvalue weighted by Crippen LogP contribution is -2.44. The number of aliphatic hydroxyl groups is 1. The number of morpholine rings is 1. The number of aromatic nitrogens is 16. The van der Waals surface area contributed by atoms with E-state index in [0.717, 1.165) is 230 Å². The third-order valence-electron chi connectivity index (χ3n) is 26.4. The largest absolute Gasteiger partial charge is 0.497 e. The molecule has 147 heavy (non-hydrogen) atoms. The van der Waals surface area contributed by atoms with Gasteiger partial charge >= 0.3 is 0 Å². The van der Waals surface area contributed by atoms with Crippen molar-refractivity contribution in [3.05, 3.63) is 220 Å². The highest BCUT2D eigenvalue weighted by atomic mass is 16.5. The molecule has 2 aliphatic heterocycles. The highest BCUT2D eigenvalue weighted by Crippen LogP contribution is 2.43. The number of methoxy groups -OCH3 is 8. The first kappa shape index (κ1) is 104. The minimum absolute atomic E-state index is 0.0532. The molecule has 3 fully saturated rings. The second-order valence-corrected chi connectivity index (χ2v) is 37.4. The molecule has 37 nitrogen and oxygen atoms in total. The smallest absolute Gasteiger partial charge is 0.221 e. The van der Waals surface area contributed by atoms with Crippen molar-refractivity contribution < 1.29 is 57.7 Å². The molecule has 16 aromatic rings. The van der Waals surface area contributed by atoms with Crippen molar-refractivity contribution in [3.63, 3.8) is 0 Å². The maximum atomic E-state index is 11.7. The number of aryl methyl sites for hydroxylation is 4. The molecule has 37 heteroatoms. The van der Waals surface area contributed by atoms with Gasteiger partial charge in [-0.2, -0.15) is 20.4 Å². The van der Waals surface area contributed by atoms with Crippen molar-refractivity contribution in [3.8, 4) is 91.0 Å². The van der Waals surface area contributed by atoms with Crippen LogP contribution < -0.4 is 68.5 Å². The van der Waals surface area contributed by atoms with E-state index in [-0.39, 0.29) is 17.7 Å². The lowest BCUT2D eigenvalue weighted by Gasteiger charge is -2.39. The summed E-state index contributed by atoms with van der Waals surface area (Å²) in [4.78, 5) is 63.1. The number of piperidine rings is 1. The predicted octanol–water partition coefficient (Wildman–Crippen LogP) is 16.8. The number of β-amino-alcohol motifs (C(OH)–C–C–N with tert-alkyl or cyclic N) is 1. The summed E-state index contributed by atoms with van der Waals surface area (Å²) < 4.78 is 56.9. The number of anilines is 8. The van der Waals surface area contributed by atoms with Gasteiger partial charge in [0.05, 0.1) is 217 Å². The van der Waals surface area contributed by atoms with Crippen LogP contribution in [0.3, 0.4) is 0 Å². The number of fused-ring (bicyclic) bond motifs is 4. The molecule has 0 radical (unpaired) electrons. The number of hydrogen-bond donors (Lipinski definition) is 4. The number of likely N-dealkylation sites (tertiary alicyclic amines) is 1. The number of primary amides is 1. The summed E-state index contributed by atoms with van der Waals surface area (Å²) >= 11 is 0. The van der Waals surface area contributed by atoms with Crippen LogP contribution in [0.5, 0.6) is 46.0 Å². The molecule has 19 rings (SSSR count). The average Bonchev–Trinajstić information content (AvgIpc) is 1.34. The molecule has 1 saturated carbocycles. The number of aliphatic hydroxyl groups excluding tert-OH is 1. The van der Waals surface area contributed by atoms with E-state index in [0.29, 0.717) is 91.2 Å². The molecule has 1 aliphatic carbocycles. The molecule has 10 heterocycles. The minimum atomic E-state index is -0.598. The molecule has 768 valence electrons. The highest BCUT2D eigenvalue weighted by molar-refractivity contribution is 5.94. The fraction of sp³-hybridized carbons (Fsp3) is 0.364. The van der Waals surface area contributed by atoms with Crippen LogP contribution in [-0.2, 0) is 37.7 Å². The van der Waals surface area contributed by atoms with Crippen molar-refractivity contribution in [2.75, 3.05) is 149 Å². The van der Waals surface area contributed by atoms with Crippen molar-refractivity contribution in [2.45, 2.75) is 96.9 Å². The van der Waals surface area contributed by atoms with Crippen LogP contribution in [0.4, 0.5) is 45.5 Å². The Morgan fingerprint density at radius 3 is 1.16 bits per heavy atom. The number of benzene rings is 8. The van der Waals surface area contributed by atoms with Gasteiger partial charge in [-0.1, -0.05) is 32.9 Å². The van der Waals surface area contributed by atoms with Crippen molar-refractivity contribution in [2.24, 2.45) is 50.9 Å². The summed E-state index contributed by atoms with van der Waals surface area (Å²) in [6.07, 6.45) is 28.6. The number of nitrogens with two attached hydrogens (primary N) is 1. The molecule has 0 bridgehead atoms. The third-order valence-corrected chi connectivity index (χ3v) is 26.4. The molecule has 8 aromatic carbocycles. The molecule has 1 amide bonds. The summed E-state index contributed by atoms with van der Waals surface area (Å²) in [5.74, 6) is 5.42. The average molecular weight is 2000 g/mol. The van der Waals surface area contributed by atoms with Gasteiger partial charge in [0.15, 0.2) is 0 Å². The monoisotopic (exact) mass is 1990 g/mol. The lowest BCUT2D eigenvalue weighted by atomic mass is 9.89. The Morgan fingerprint density at radius 1 is 0.435 bits per heavy atom. The Hall–Kier alpha value is -15.7. The second kappa shape index (κ2) is 48.8. The van der Waals surface area contributed by atoms with Crippen LogP contribution in [-0.4, -0.2) is 264 Å². The van der Waals surface area contributed by atoms with E-state index in [1.807, 2.05) is 187 Å². The number of ether oxygens (including phenoxy) is 9. The summed E-state index contributed by atoms with van der Waals surface area (Å²) in [5, 5.41) is 45.1. The zero-order valence-corrected chi connectivity index (χ0v) is 86.3. The fourth-order valence-electron chi connectivity index (χ4n) is 18.6. The van der Waals surface area contributed by atoms with E-state index in [4.69, 9.17) is 68.3 Å². The molecule has 2 atom stereocenters. The molecule has 5 N–H and O–H groups in total. The number of amides is 1. The summed E-state index contributed by atoms with van der Waals surface area (Å²) in [7, 11) is 20.7. The molecule has 2 saturated heterocycles. The number of oxime groups is 1. The summed E-state index contributed by atoms with van der Waals surface area (Å²) in [6, 6.07) is 49.0. The summed E-state index contributed by atoms with van der Waals surface area (Å²) in [6.45, 7) is 16.0. The number of carbonyl (C=O) groups is 1. The van der Waals surface area contributed by atoms with Crippen LogP contribution >= 0.6 is 0 Å². The Labute approximate surface area is 855 Å². The maximum Gasteiger partial charge on any atom is 0.221 e. The van der Waals surface area contributed by atoms with Gasteiger partial charge in [-0.05, 0) is 137 Å². The number of carbonyl (C=O) groups excluding carboxylic acids is 1. The van der Waals surface area contributed by atoms with Crippen LogP contribution in [0.15, 0.2) is 225 Å². The van der Waals surface area contributed by atoms with Crippen LogP contribution in [0.1, 0.15) is 72.6 Å². The van der Waals surface area contributed by atoms with E-state index < -0.39 is 6.10 Å². The second-order valence-electron chi connectivity index (χ2n) is 37.4. The van der Waals surface area contributed by atoms with Crippen LogP contribution in [0.25, 0.3) is 89.2 Å². The van der Waals surface area contributed by atoms with Gasteiger partial charge in [0.2, 0.25) is 5.91 Å². The maximum absolute atomic E-state index is 11.7. The molecular weight excluding hydrogens is 1860 g/mol. The zero-order chi connectivity index (χ0) is 103. The van der Waals surface area contributed by atoms with E-state index in [9.17, 15) is 15.1 Å². The van der Waals surface area contributed by atoms with Crippen molar-refractivity contribution >= 4 is 101 Å². The predicted molar refractivity (Wildman–Crippen MR) is 573 cm³/mol. The van der Waals surface area contributed by atoms with Crippen molar-refractivity contribution in [1.82, 2.24) is 94.1 Å². The first-order valence-corrected chi connectivity index (χ1v) is 49.3. The van der Waals surface area contributed by atoms with Gasteiger partial charge in [-0.15, -0.1) is 0 Å². The number of rotatable bonds is 35. The molecule has 0 spiro atoms. The van der Waals surface area contributed by atoms with Crippen LogP contribution in [0, 0.1) is 11.8 Å². The van der Waals surface area contributed by atoms with Crippen LogP contribution in [0.2, 0.25) is 0 Å². The van der Waals surface area contributed by atoms with Gasteiger partial charge in [0.1, 0.15) is 46.0 Å². The number of hydrogen-bond acceptors (Lipinski definition) is 32. The lowest BCUT2D eigenvalue weighted by molar-refractivity contribution is -0.123. The van der Waals surface area contributed by atoms with Gasteiger partial charge in [0.25, 0.3) is 0 Å². The zero-order valence-electron chi connectivity index (χ0n) is 86.3. The summed E-state index contributed by atoms with van der Waals surface area (Å²) in [5.41, 5.74) is 26.9. The normalized spacial score (nSPS) is 15.2. The minimum Gasteiger partial charge on any atom is -0.497 e. The molecule has 8 aromatic heterocycles. The Balaban J connectivity index is 0.000000140. The molecule has 2 unspecified atom stereocenters. The van der Waals surface area contributed by atoms with E-state index in [1.165, 1.54) is 0 Å². The molecule has 3 aliphatic rings. The first-order chi connectivity index (χ1) is 71.3. The van der Waals surface area contributed by atoms with Gasteiger partial charge < -0.3 is 88.5 Å². The number of nitrogens with one attached hydrogen (secondary N) is 1. The van der Waals surface area contributed by atoms with E-state index >= 15 is 0 Å². The third kappa shape index (κ3) is 26.5. The Morgan fingerprint density at radius 2 is 0.796 bits per heavy atom. The van der Waals surface area contributed by atoms with E-state index in [1.54, 1.807) is 113 Å². The topological polar surface area (TPSA) is 385 Å². The van der Waals surface area contributed by atoms with Crippen molar-refractivity contribution in [1.29, 1.82) is 0 Å². The fourth-order valence-corrected chi connectivity index (χ4v) is 18.6. The Kier molecular flexibility index (Phi) is 34.6. The first-order valence-electron chi connectivity index (χ1n) is 49.3. The van der Waals surface area contributed by atoms with E-state index in [2.05, 4.69) is 132 Å².